The molecular weight excluding hydrogens is 244 g/mol. The van der Waals surface area contributed by atoms with E-state index in [1.54, 1.807) is 0 Å². The number of halogens is 2. The second-order valence-electron chi connectivity index (χ2n) is 3.58. The molecular formula is C12H11F2NOS. The SMILES string of the molecule is Cc1ccc2nc(SCCC=C(F)F)oc2c1. The van der Waals surface area contributed by atoms with E-state index in [0.29, 0.717) is 17.4 Å². The lowest BCUT2D eigenvalue weighted by Gasteiger charge is -1.91. The summed E-state index contributed by atoms with van der Waals surface area (Å²) in [7, 11) is 0. The molecule has 2 aromatic rings. The molecule has 0 N–H and O–H groups in total. The number of aromatic nitrogens is 1. The first-order chi connectivity index (χ1) is 8.15. The van der Waals surface area contributed by atoms with Gasteiger partial charge >= 0.3 is 0 Å². The Morgan fingerprint density at radius 1 is 1.47 bits per heavy atom. The standard InChI is InChI=1S/C12H11F2NOS/c1-8-4-5-9-10(7-8)16-12(15-9)17-6-2-3-11(13)14/h3-5,7H,2,6H2,1H3. The molecule has 2 nitrogen and oxygen atoms in total. The number of benzene rings is 1. The minimum absolute atomic E-state index is 0.310. The molecule has 0 aliphatic heterocycles. The highest BCUT2D eigenvalue weighted by molar-refractivity contribution is 7.99. The minimum atomic E-state index is -1.64. The zero-order valence-corrected chi connectivity index (χ0v) is 10.1. The molecule has 0 saturated carbocycles. The van der Waals surface area contributed by atoms with Crippen molar-refractivity contribution in [2.24, 2.45) is 0 Å². The second-order valence-corrected chi connectivity index (χ2v) is 4.63. The molecule has 90 valence electrons. The van der Waals surface area contributed by atoms with Gasteiger partial charge in [-0.2, -0.15) is 8.78 Å². The van der Waals surface area contributed by atoms with Crippen molar-refractivity contribution in [1.29, 1.82) is 0 Å². The lowest BCUT2D eigenvalue weighted by atomic mass is 10.2. The van der Waals surface area contributed by atoms with Crippen molar-refractivity contribution < 1.29 is 13.2 Å². The van der Waals surface area contributed by atoms with E-state index in [-0.39, 0.29) is 0 Å². The largest absolute Gasteiger partial charge is 0.431 e. The van der Waals surface area contributed by atoms with Gasteiger partial charge in [-0.15, -0.1) is 0 Å². The van der Waals surface area contributed by atoms with Gasteiger partial charge in [-0.25, -0.2) is 4.98 Å². The molecule has 0 radical (unpaired) electrons. The van der Waals surface area contributed by atoms with Crippen LogP contribution in [0.2, 0.25) is 0 Å². The Morgan fingerprint density at radius 3 is 3.06 bits per heavy atom. The molecule has 0 atom stereocenters. The van der Waals surface area contributed by atoms with E-state index < -0.39 is 6.08 Å². The highest BCUT2D eigenvalue weighted by atomic mass is 32.2. The van der Waals surface area contributed by atoms with Crippen LogP contribution in [0, 0.1) is 6.92 Å². The fourth-order valence-electron chi connectivity index (χ4n) is 1.39. The van der Waals surface area contributed by atoms with Crippen LogP contribution in [-0.4, -0.2) is 10.7 Å². The molecule has 2 rings (SSSR count). The van der Waals surface area contributed by atoms with Crippen molar-refractivity contribution in [2.75, 3.05) is 5.75 Å². The lowest BCUT2D eigenvalue weighted by Crippen LogP contribution is -1.76. The van der Waals surface area contributed by atoms with Gasteiger partial charge in [0.05, 0.1) is 0 Å². The van der Waals surface area contributed by atoms with Crippen LogP contribution in [-0.2, 0) is 0 Å². The summed E-state index contributed by atoms with van der Waals surface area (Å²) in [6.45, 7) is 1.98. The normalized spacial score (nSPS) is 10.8. The molecule has 1 heterocycles. The number of allylic oxidation sites excluding steroid dienone is 1. The van der Waals surface area contributed by atoms with Crippen LogP contribution >= 0.6 is 11.8 Å². The van der Waals surface area contributed by atoms with Crippen LogP contribution in [0.1, 0.15) is 12.0 Å². The van der Waals surface area contributed by atoms with E-state index in [4.69, 9.17) is 4.42 Å². The quantitative estimate of drug-likeness (QED) is 0.598. The fraction of sp³-hybridized carbons (Fsp3) is 0.250. The first kappa shape index (κ1) is 12.1. The van der Waals surface area contributed by atoms with Crippen molar-refractivity contribution in [3.63, 3.8) is 0 Å². The van der Waals surface area contributed by atoms with Crippen LogP contribution in [0.5, 0.6) is 0 Å². The monoisotopic (exact) mass is 255 g/mol. The summed E-state index contributed by atoms with van der Waals surface area (Å²) in [6, 6.07) is 5.76. The van der Waals surface area contributed by atoms with Gasteiger partial charge in [-0.3, -0.25) is 0 Å². The molecule has 0 unspecified atom stereocenters. The Balaban J connectivity index is 2.02. The summed E-state index contributed by atoms with van der Waals surface area (Å²) < 4.78 is 29.1. The third kappa shape index (κ3) is 3.30. The molecule has 17 heavy (non-hydrogen) atoms. The number of hydrogen-bond donors (Lipinski definition) is 0. The summed E-state index contributed by atoms with van der Waals surface area (Å²) in [6.07, 6.45) is -0.427. The van der Waals surface area contributed by atoms with Gasteiger partial charge < -0.3 is 4.42 Å². The number of thioether (sulfide) groups is 1. The molecule has 0 amide bonds. The first-order valence-electron chi connectivity index (χ1n) is 5.16. The Kier molecular flexibility index (Phi) is 3.78. The van der Waals surface area contributed by atoms with E-state index in [1.165, 1.54) is 11.8 Å². The number of nitrogens with zero attached hydrogens (tertiary/aromatic N) is 1. The molecule has 0 saturated heterocycles. The van der Waals surface area contributed by atoms with Crippen molar-refractivity contribution in [1.82, 2.24) is 4.98 Å². The van der Waals surface area contributed by atoms with Crippen molar-refractivity contribution >= 4 is 22.9 Å². The Labute approximate surface area is 102 Å². The average Bonchev–Trinajstić information content (AvgIpc) is 2.66. The summed E-state index contributed by atoms with van der Waals surface area (Å²) >= 11 is 1.34. The number of oxazole rings is 1. The third-order valence-electron chi connectivity index (χ3n) is 2.17. The van der Waals surface area contributed by atoms with Gasteiger partial charge in [0.15, 0.2) is 5.58 Å². The van der Waals surface area contributed by atoms with Gasteiger partial charge in [0.2, 0.25) is 0 Å². The number of aryl methyl sites for hydroxylation is 1. The fourth-order valence-corrected chi connectivity index (χ4v) is 2.11. The van der Waals surface area contributed by atoms with E-state index in [2.05, 4.69) is 4.98 Å². The first-order valence-corrected chi connectivity index (χ1v) is 6.15. The molecule has 1 aromatic carbocycles. The molecule has 0 aliphatic carbocycles. The number of hydrogen-bond acceptors (Lipinski definition) is 3. The van der Waals surface area contributed by atoms with Gasteiger partial charge in [-0.05, 0) is 37.1 Å². The van der Waals surface area contributed by atoms with E-state index >= 15 is 0 Å². The Morgan fingerprint density at radius 2 is 2.29 bits per heavy atom. The maximum atomic E-state index is 11.8. The molecule has 0 spiro atoms. The van der Waals surface area contributed by atoms with E-state index in [9.17, 15) is 8.78 Å². The van der Waals surface area contributed by atoms with Crippen molar-refractivity contribution in [3.05, 3.63) is 35.9 Å². The van der Waals surface area contributed by atoms with Crippen LogP contribution in [0.15, 0.2) is 40.0 Å². The molecule has 5 heteroatoms. The van der Waals surface area contributed by atoms with Gasteiger partial charge in [-0.1, -0.05) is 17.8 Å². The zero-order chi connectivity index (χ0) is 12.3. The summed E-state index contributed by atoms with van der Waals surface area (Å²) in [5.41, 5.74) is 2.64. The molecule has 1 aromatic heterocycles. The lowest BCUT2D eigenvalue weighted by molar-refractivity contribution is 0.418. The maximum absolute atomic E-state index is 11.8. The summed E-state index contributed by atoms with van der Waals surface area (Å²) in [4.78, 5) is 4.26. The number of fused-ring (bicyclic) bond motifs is 1. The van der Waals surface area contributed by atoms with Crippen LogP contribution in [0.3, 0.4) is 0 Å². The molecule has 0 bridgehead atoms. The molecule has 0 fully saturated rings. The highest BCUT2D eigenvalue weighted by Gasteiger charge is 2.05. The van der Waals surface area contributed by atoms with Gasteiger partial charge in [0.25, 0.3) is 11.3 Å². The van der Waals surface area contributed by atoms with Crippen LogP contribution < -0.4 is 0 Å². The molecule has 0 aliphatic rings. The van der Waals surface area contributed by atoms with Gasteiger partial charge in [0, 0.05) is 5.75 Å². The third-order valence-corrected chi connectivity index (χ3v) is 3.03. The smallest absolute Gasteiger partial charge is 0.266 e. The highest BCUT2D eigenvalue weighted by Crippen LogP contribution is 2.24. The topological polar surface area (TPSA) is 26.0 Å². The minimum Gasteiger partial charge on any atom is -0.431 e. The van der Waals surface area contributed by atoms with Crippen LogP contribution in [0.4, 0.5) is 8.78 Å². The Bertz CT molecular complexity index is 546. The van der Waals surface area contributed by atoms with E-state index in [1.807, 2.05) is 25.1 Å². The summed E-state index contributed by atoms with van der Waals surface area (Å²) in [5, 5.41) is 0.526. The predicted octanol–water partition coefficient (Wildman–Crippen LogP) is 4.40. The van der Waals surface area contributed by atoms with E-state index in [0.717, 1.165) is 22.7 Å². The van der Waals surface area contributed by atoms with Crippen LogP contribution in [0.25, 0.3) is 11.1 Å². The number of rotatable bonds is 4. The van der Waals surface area contributed by atoms with Gasteiger partial charge in [0.1, 0.15) is 5.52 Å². The predicted molar refractivity (Wildman–Crippen MR) is 64.4 cm³/mol. The maximum Gasteiger partial charge on any atom is 0.266 e. The Hall–Kier alpha value is -1.36. The zero-order valence-electron chi connectivity index (χ0n) is 9.24. The van der Waals surface area contributed by atoms with Crippen molar-refractivity contribution in [2.45, 2.75) is 18.6 Å². The second kappa shape index (κ2) is 5.31. The average molecular weight is 255 g/mol. The van der Waals surface area contributed by atoms with Crippen molar-refractivity contribution in [3.8, 4) is 0 Å². The summed E-state index contributed by atoms with van der Waals surface area (Å²) in [5.74, 6) is 0.531.